The number of aromatic nitrogens is 3. The average molecular weight is 279 g/mol. The molecule has 0 aromatic carbocycles. The fraction of sp³-hybridized carbons (Fsp3) is 0.769. The minimum atomic E-state index is -0.0338. The third-order valence-electron chi connectivity index (χ3n) is 4.11. The maximum Gasteiger partial charge on any atom is 0.276 e. The molecule has 0 spiro atoms. The second-order valence-electron chi connectivity index (χ2n) is 5.42. The zero-order valence-corrected chi connectivity index (χ0v) is 11.6. The molecule has 1 amide bonds. The summed E-state index contributed by atoms with van der Waals surface area (Å²) in [6, 6.07) is 0.199. The molecule has 0 bridgehead atoms. The van der Waals surface area contributed by atoms with Gasteiger partial charge in [0.1, 0.15) is 0 Å². The average Bonchev–Trinajstić information content (AvgIpc) is 2.95. The fourth-order valence-corrected chi connectivity index (χ4v) is 3.13. The van der Waals surface area contributed by atoms with Gasteiger partial charge in [0, 0.05) is 13.1 Å². The first-order chi connectivity index (χ1) is 9.79. The van der Waals surface area contributed by atoms with E-state index in [-0.39, 0.29) is 18.1 Å². The van der Waals surface area contributed by atoms with Crippen LogP contribution in [-0.2, 0) is 11.3 Å². The molecule has 3 rings (SSSR count). The van der Waals surface area contributed by atoms with Crippen LogP contribution in [-0.4, -0.2) is 57.6 Å². The number of rotatable bonds is 3. The van der Waals surface area contributed by atoms with Crippen molar-refractivity contribution in [3.05, 3.63) is 11.9 Å². The van der Waals surface area contributed by atoms with Crippen molar-refractivity contribution < 1.29 is 9.53 Å². The van der Waals surface area contributed by atoms with Crippen LogP contribution in [0.5, 0.6) is 0 Å². The summed E-state index contributed by atoms with van der Waals surface area (Å²) < 4.78 is 7.41. The van der Waals surface area contributed by atoms with Crippen LogP contribution in [0.15, 0.2) is 6.20 Å². The van der Waals surface area contributed by atoms with Gasteiger partial charge in [-0.1, -0.05) is 18.1 Å². The Morgan fingerprint density at radius 2 is 2.30 bits per heavy atom. The van der Waals surface area contributed by atoms with Gasteiger partial charge in [0.25, 0.3) is 5.91 Å². The molecule has 1 aliphatic heterocycles. The molecule has 2 N–H and O–H groups in total. The third kappa shape index (κ3) is 2.55. The molecule has 2 unspecified atom stereocenters. The van der Waals surface area contributed by atoms with E-state index in [1.54, 1.807) is 10.9 Å². The first kappa shape index (κ1) is 13.5. The second kappa shape index (κ2) is 5.88. The summed E-state index contributed by atoms with van der Waals surface area (Å²) in [5.74, 6) is -0.0338. The van der Waals surface area contributed by atoms with Crippen molar-refractivity contribution >= 4 is 5.91 Å². The van der Waals surface area contributed by atoms with Gasteiger partial charge < -0.3 is 15.4 Å². The van der Waals surface area contributed by atoms with E-state index in [4.69, 9.17) is 10.5 Å². The number of morpholine rings is 1. The maximum atomic E-state index is 12.6. The van der Waals surface area contributed by atoms with Crippen molar-refractivity contribution in [2.24, 2.45) is 5.73 Å². The standard InChI is InChI=1S/C13H21N5O2/c14-5-6-17-9-10(15-16-17)13(19)18-7-8-20-12-4-2-1-3-11(12)18/h9,11-12H,1-8,14H2. The number of carbonyl (C=O) groups excluding carboxylic acids is 1. The van der Waals surface area contributed by atoms with Crippen LogP contribution in [0.3, 0.4) is 0 Å². The van der Waals surface area contributed by atoms with Gasteiger partial charge in [0.05, 0.1) is 31.5 Å². The lowest BCUT2D eigenvalue weighted by molar-refractivity contribution is -0.0754. The molecule has 0 radical (unpaired) electrons. The van der Waals surface area contributed by atoms with Crippen LogP contribution >= 0.6 is 0 Å². The summed E-state index contributed by atoms with van der Waals surface area (Å²) in [6.07, 6.45) is 6.30. The summed E-state index contributed by atoms with van der Waals surface area (Å²) in [6.45, 7) is 2.32. The lowest BCUT2D eigenvalue weighted by atomic mass is 9.90. The Hall–Kier alpha value is -1.47. The van der Waals surface area contributed by atoms with Crippen molar-refractivity contribution in [2.45, 2.75) is 44.4 Å². The number of ether oxygens (including phenoxy) is 1. The van der Waals surface area contributed by atoms with Gasteiger partial charge in [-0.25, -0.2) is 0 Å². The largest absolute Gasteiger partial charge is 0.374 e. The third-order valence-corrected chi connectivity index (χ3v) is 4.11. The van der Waals surface area contributed by atoms with Crippen LogP contribution in [0.4, 0.5) is 0 Å². The Morgan fingerprint density at radius 3 is 3.15 bits per heavy atom. The van der Waals surface area contributed by atoms with Gasteiger partial charge in [0.2, 0.25) is 0 Å². The molecule has 7 heteroatoms. The molecular weight excluding hydrogens is 258 g/mol. The van der Waals surface area contributed by atoms with E-state index in [0.29, 0.717) is 31.9 Å². The molecular formula is C13H21N5O2. The molecule has 2 atom stereocenters. The minimum Gasteiger partial charge on any atom is -0.374 e. The van der Waals surface area contributed by atoms with E-state index in [0.717, 1.165) is 19.3 Å². The summed E-state index contributed by atoms with van der Waals surface area (Å²) in [5.41, 5.74) is 5.88. The van der Waals surface area contributed by atoms with Crippen molar-refractivity contribution in [3.8, 4) is 0 Å². The van der Waals surface area contributed by atoms with E-state index < -0.39 is 0 Å². The summed E-state index contributed by atoms with van der Waals surface area (Å²) in [4.78, 5) is 14.5. The monoisotopic (exact) mass is 279 g/mol. The number of nitrogens with two attached hydrogens (primary N) is 1. The molecule has 20 heavy (non-hydrogen) atoms. The number of fused-ring (bicyclic) bond motifs is 1. The quantitative estimate of drug-likeness (QED) is 0.843. The Balaban J connectivity index is 1.74. The maximum absolute atomic E-state index is 12.6. The van der Waals surface area contributed by atoms with Gasteiger partial charge in [-0.2, -0.15) is 0 Å². The van der Waals surface area contributed by atoms with Gasteiger partial charge in [-0.3, -0.25) is 9.48 Å². The molecule has 1 aliphatic carbocycles. The Morgan fingerprint density at radius 1 is 1.45 bits per heavy atom. The Kier molecular flexibility index (Phi) is 3.98. The topological polar surface area (TPSA) is 86.3 Å². The van der Waals surface area contributed by atoms with E-state index in [2.05, 4.69) is 10.3 Å². The van der Waals surface area contributed by atoms with Gasteiger partial charge in [-0.05, 0) is 12.8 Å². The first-order valence-corrected chi connectivity index (χ1v) is 7.32. The van der Waals surface area contributed by atoms with Crippen LogP contribution in [0, 0.1) is 0 Å². The molecule has 1 aromatic rings. The molecule has 2 aliphatic rings. The highest BCUT2D eigenvalue weighted by Crippen LogP contribution is 2.29. The molecule has 2 heterocycles. The highest BCUT2D eigenvalue weighted by Gasteiger charge is 2.37. The number of carbonyl (C=O) groups is 1. The zero-order valence-electron chi connectivity index (χ0n) is 11.6. The Labute approximate surface area is 118 Å². The normalized spacial score (nSPS) is 26.4. The SMILES string of the molecule is NCCn1cc(C(=O)N2CCOC3CCCCC32)nn1. The molecule has 1 saturated heterocycles. The lowest BCUT2D eigenvalue weighted by Gasteiger charge is -2.43. The van der Waals surface area contributed by atoms with E-state index in [1.165, 1.54) is 6.42 Å². The molecule has 1 saturated carbocycles. The highest BCUT2D eigenvalue weighted by atomic mass is 16.5. The van der Waals surface area contributed by atoms with Crippen molar-refractivity contribution in [1.29, 1.82) is 0 Å². The first-order valence-electron chi connectivity index (χ1n) is 7.32. The predicted octanol–water partition coefficient (Wildman–Crippen LogP) is 0.0204. The van der Waals surface area contributed by atoms with Crippen LogP contribution < -0.4 is 5.73 Å². The zero-order chi connectivity index (χ0) is 13.9. The van der Waals surface area contributed by atoms with Gasteiger partial charge in [0.15, 0.2) is 5.69 Å². The van der Waals surface area contributed by atoms with E-state index in [1.807, 2.05) is 4.90 Å². The second-order valence-corrected chi connectivity index (χ2v) is 5.42. The molecule has 1 aromatic heterocycles. The Bertz CT molecular complexity index is 473. The number of hydrogen-bond donors (Lipinski definition) is 1. The summed E-state index contributed by atoms with van der Waals surface area (Å²) >= 11 is 0. The predicted molar refractivity (Wildman–Crippen MR) is 72.1 cm³/mol. The fourth-order valence-electron chi connectivity index (χ4n) is 3.13. The number of nitrogens with zero attached hydrogens (tertiary/aromatic N) is 4. The van der Waals surface area contributed by atoms with Crippen molar-refractivity contribution in [2.75, 3.05) is 19.7 Å². The summed E-state index contributed by atoms with van der Waals surface area (Å²) in [5, 5.41) is 7.91. The van der Waals surface area contributed by atoms with Crippen molar-refractivity contribution in [3.63, 3.8) is 0 Å². The van der Waals surface area contributed by atoms with Crippen LogP contribution in [0.1, 0.15) is 36.2 Å². The molecule has 110 valence electrons. The number of hydrogen-bond acceptors (Lipinski definition) is 5. The van der Waals surface area contributed by atoms with Gasteiger partial charge >= 0.3 is 0 Å². The van der Waals surface area contributed by atoms with Crippen molar-refractivity contribution in [1.82, 2.24) is 19.9 Å². The van der Waals surface area contributed by atoms with Crippen LogP contribution in [0.25, 0.3) is 0 Å². The smallest absolute Gasteiger partial charge is 0.276 e. The van der Waals surface area contributed by atoms with E-state index in [9.17, 15) is 4.79 Å². The highest BCUT2D eigenvalue weighted by molar-refractivity contribution is 5.92. The van der Waals surface area contributed by atoms with E-state index >= 15 is 0 Å². The van der Waals surface area contributed by atoms with Gasteiger partial charge in [-0.15, -0.1) is 5.10 Å². The number of amides is 1. The summed E-state index contributed by atoms with van der Waals surface area (Å²) in [7, 11) is 0. The minimum absolute atomic E-state index is 0.0338. The lowest BCUT2D eigenvalue weighted by Crippen LogP contribution is -2.54. The van der Waals surface area contributed by atoms with Crippen LogP contribution in [0.2, 0.25) is 0 Å². The molecule has 7 nitrogen and oxygen atoms in total. The molecule has 2 fully saturated rings.